The van der Waals surface area contributed by atoms with Crippen molar-refractivity contribution in [1.82, 2.24) is 19.2 Å². The highest BCUT2D eigenvalue weighted by Gasteiger charge is 2.30. The summed E-state index contributed by atoms with van der Waals surface area (Å²) in [6.45, 7) is 6.86. The van der Waals surface area contributed by atoms with E-state index in [1.165, 1.54) is 4.57 Å². The number of aromatic nitrogens is 3. The van der Waals surface area contributed by atoms with E-state index < -0.39 is 5.69 Å². The first-order chi connectivity index (χ1) is 14.8. The number of anilines is 1. The normalized spacial score (nSPS) is 13.3. The molecule has 2 aromatic carbocycles. The molecule has 0 fully saturated rings. The Kier molecular flexibility index (Phi) is 5.46. The Morgan fingerprint density at radius 2 is 1.81 bits per heavy atom. The van der Waals surface area contributed by atoms with Gasteiger partial charge in [-0.15, -0.1) is 5.10 Å². The molecule has 0 atom stereocenters. The molecule has 0 unspecified atom stereocenters. The fraction of sp³-hybridized carbons (Fsp3) is 0.304. The molecule has 2 heterocycles. The van der Waals surface area contributed by atoms with Crippen LogP contribution < -0.4 is 11.0 Å². The molecule has 8 heteroatoms. The van der Waals surface area contributed by atoms with Crippen LogP contribution >= 0.6 is 0 Å². The van der Waals surface area contributed by atoms with E-state index in [0.29, 0.717) is 25.3 Å². The number of carbonyl (C=O) groups excluding carboxylic acids is 2. The van der Waals surface area contributed by atoms with Gasteiger partial charge in [0.1, 0.15) is 6.54 Å². The number of carbonyl (C=O) groups is 2. The molecule has 3 aromatic rings. The average Bonchev–Trinajstić information content (AvgIpc) is 3.04. The van der Waals surface area contributed by atoms with Crippen LogP contribution in [-0.2, 0) is 24.4 Å². The summed E-state index contributed by atoms with van der Waals surface area (Å²) in [4.78, 5) is 39.8. The second-order valence-electron chi connectivity index (χ2n) is 7.94. The van der Waals surface area contributed by atoms with Crippen LogP contribution in [0.2, 0.25) is 0 Å². The maximum atomic E-state index is 12.9. The lowest BCUT2D eigenvalue weighted by molar-refractivity contribution is -0.117. The van der Waals surface area contributed by atoms with E-state index in [9.17, 15) is 14.4 Å². The molecule has 0 radical (unpaired) electrons. The van der Waals surface area contributed by atoms with Crippen LogP contribution in [0, 0.1) is 20.8 Å². The molecule has 4 rings (SSSR count). The molecule has 0 aliphatic carbocycles. The average molecular weight is 419 g/mol. The third kappa shape index (κ3) is 4.14. The first-order valence-electron chi connectivity index (χ1n) is 10.2. The fourth-order valence-electron chi connectivity index (χ4n) is 3.79. The van der Waals surface area contributed by atoms with Gasteiger partial charge in [-0.1, -0.05) is 42.0 Å². The van der Waals surface area contributed by atoms with Crippen molar-refractivity contribution in [2.45, 2.75) is 40.4 Å². The van der Waals surface area contributed by atoms with E-state index in [1.54, 1.807) is 4.90 Å². The van der Waals surface area contributed by atoms with Gasteiger partial charge in [0.05, 0.1) is 0 Å². The molecule has 1 aliphatic heterocycles. The van der Waals surface area contributed by atoms with Gasteiger partial charge in [0, 0.05) is 25.3 Å². The third-order valence-corrected chi connectivity index (χ3v) is 5.57. The highest BCUT2D eigenvalue weighted by atomic mass is 16.2. The first-order valence-corrected chi connectivity index (χ1v) is 10.2. The van der Waals surface area contributed by atoms with Crippen molar-refractivity contribution in [3.05, 3.63) is 81.0 Å². The van der Waals surface area contributed by atoms with Gasteiger partial charge in [0.2, 0.25) is 11.7 Å². The molecule has 0 saturated carbocycles. The van der Waals surface area contributed by atoms with Crippen molar-refractivity contribution in [2.24, 2.45) is 0 Å². The maximum Gasteiger partial charge on any atom is 0.346 e. The minimum absolute atomic E-state index is 0.0733. The highest BCUT2D eigenvalue weighted by molar-refractivity contribution is 5.92. The summed E-state index contributed by atoms with van der Waals surface area (Å²) >= 11 is 0. The summed E-state index contributed by atoms with van der Waals surface area (Å²) in [5, 5.41) is 6.99. The van der Waals surface area contributed by atoms with E-state index in [-0.39, 0.29) is 24.2 Å². The van der Waals surface area contributed by atoms with Gasteiger partial charge in [0.15, 0.2) is 0 Å². The Hall–Kier alpha value is -3.68. The van der Waals surface area contributed by atoms with E-state index in [0.717, 1.165) is 26.9 Å². The molecule has 31 heavy (non-hydrogen) atoms. The lowest BCUT2D eigenvalue weighted by Crippen LogP contribution is -2.42. The lowest BCUT2D eigenvalue weighted by Gasteiger charge is -2.27. The topological polar surface area (TPSA) is 89.2 Å². The van der Waals surface area contributed by atoms with E-state index >= 15 is 0 Å². The fourth-order valence-corrected chi connectivity index (χ4v) is 3.79. The Balaban J connectivity index is 1.50. The van der Waals surface area contributed by atoms with Crippen LogP contribution in [0.15, 0.2) is 47.3 Å². The number of aryl methyl sites for hydroxylation is 3. The van der Waals surface area contributed by atoms with Crippen molar-refractivity contribution in [3.8, 4) is 0 Å². The van der Waals surface area contributed by atoms with Gasteiger partial charge in [-0.25, -0.2) is 9.48 Å². The number of benzene rings is 2. The maximum absolute atomic E-state index is 12.9. The number of rotatable bonds is 5. The van der Waals surface area contributed by atoms with Crippen LogP contribution in [-0.4, -0.2) is 37.6 Å². The zero-order valence-corrected chi connectivity index (χ0v) is 17.9. The van der Waals surface area contributed by atoms with E-state index in [1.807, 2.05) is 63.2 Å². The van der Waals surface area contributed by atoms with Crippen LogP contribution in [0.4, 0.5) is 5.69 Å². The zero-order valence-electron chi connectivity index (χ0n) is 17.9. The van der Waals surface area contributed by atoms with Gasteiger partial charge in [-0.05, 0) is 43.5 Å². The van der Waals surface area contributed by atoms with Crippen LogP contribution in [0.3, 0.4) is 0 Å². The standard InChI is InChI=1S/C23H25N5O3/c1-15-8-9-19(17(3)12-15)24-20(29)14-28-23(31)27-11-10-26(22(30)21(27)25-28)13-18-7-5-4-6-16(18)2/h4-9,12H,10-11,13-14H2,1-3H3,(H,24,29). The van der Waals surface area contributed by atoms with Crippen molar-refractivity contribution < 1.29 is 9.59 Å². The summed E-state index contributed by atoms with van der Waals surface area (Å²) in [5.74, 6) is -0.599. The van der Waals surface area contributed by atoms with Crippen molar-refractivity contribution in [2.75, 3.05) is 11.9 Å². The molecule has 0 saturated heterocycles. The molecule has 1 aliphatic rings. The Morgan fingerprint density at radius 1 is 1.03 bits per heavy atom. The molecular weight excluding hydrogens is 394 g/mol. The molecular formula is C23H25N5O3. The van der Waals surface area contributed by atoms with Crippen LogP contribution in [0.1, 0.15) is 32.9 Å². The van der Waals surface area contributed by atoms with Gasteiger partial charge < -0.3 is 10.2 Å². The summed E-state index contributed by atoms with van der Waals surface area (Å²) in [7, 11) is 0. The second kappa shape index (κ2) is 8.22. The predicted molar refractivity (Wildman–Crippen MR) is 117 cm³/mol. The van der Waals surface area contributed by atoms with E-state index in [2.05, 4.69) is 10.4 Å². The second-order valence-corrected chi connectivity index (χ2v) is 7.94. The molecule has 1 N–H and O–H groups in total. The lowest BCUT2D eigenvalue weighted by atomic mass is 10.1. The van der Waals surface area contributed by atoms with Gasteiger partial charge in [-0.3, -0.25) is 14.2 Å². The Labute approximate surface area is 180 Å². The van der Waals surface area contributed by atoms with Gasteiger partial charge >= 0.3 is 5.69 Å². The largest absolute Gasteiger partial charge is 0.346 e. The van der Waals surface area contributed by atoms with Crippen LogP contribution in [0.25, 0.3) is 0 Å². The summed E-state index contributed by atoms with van der Waals surface area (Å²) in [6.07, 6.45) is 0. The van der Waals surface area contributed by atoms with Crippen molar-refractivity contribution >= 4 is 17.5 Å². The molecule has 8 nitrogen and oxygen atoms in total. The number of hydrogen-bond acceptors (Lipinski definition) is 4. The van der Waals surface area contributed by atoms with Gasteiger partial charge in [-0.2, -0.15) is 0 Å². The third-order valence-electron chi connectivity index (χ3n) is 5.57. The summed E-state index contributed by atoms with van der Waals surface area (Å²) in [5.41, 5.74) is 4.43. The number of fused-ring (bicyclic) bond motifs is 1. The van der Waals surface area contributed by atoms with Crippen molar-refractivity contribution in [3.63, 3.8) is 0 Å². The molecule has 1 aromatic heterocycles. The minimum Gasteiger partial charge on any atom is -0.330 e. The SMILES string of the molecule is Cc1ccc(NC(=O)Cn2nc3n(c2=O)CCN(Cc2ccccc2C)C3=O)c(C)c1. The predicted octanol–water partition coefficient (Wildman–Crippen LogP) is 2.26. The molecule has 2 amide bonds. The summed E-state index contributed by atoms with van der Waals surface area (Å²) < 4.78 is 2.41. The quantitative estimate of drug-likeness (QED) is 0.687. The highest BCUT2D eigenvalue weighted by Crippen LogP contribution is 2.17. The van der Waals surface area contributed by atoms with Crippen molar-refractivity contribution in [1.29, 1.82) is 0 Å². The van der Waals surface area contributed by atoms with Crippen LogP contribution in [0.5, 0.6) is 0 Å². The first kappa shape index (κ1) is 20.6. The number of hydrogen-bond donors (Lipinski definition) is 1. The molecule has 160 valence electrons. The number of amides is 2. The van der Waals surface area contributed by atoms with E-state index in [4.69, 9.17) is 0 Å². The molecule has 0 spiro atoms. The summed E-state index contributed by atoms with van der Waals surface area (Å²) in [6, 6.07) is 13.6. The molecule has 0 bridgehead atoms. The number of nitrogens with one attached hydrogen (secondary N) is 1. The Bertz CT molecular complexity index is 1220. The zero-order chi connectivity index (χ0) is 22.1. The Morgan fingerprint density at radius 3 is 2.55 bits per heavy atom. The minimum atomic E-state index is -0.449. The van der Waals surface area contributed by atoms with Gasteiger partial charge in [0.25, 0.3) is 5.91 Å². The number of nitrogens with zero attached hydrogens (tertiary/aromatic N) is 4. The smallest absolute Gasteiger partial charge is 0.330 e. The monoisotopic (exact) mass is 419 g/mol.